The smallest absolute Gasteiger partial charge is 0.410 e. The van der Waals surface area contributed by atoms with Crippen molar-refractivity contribution in [2.45, 2.75) is 77.2 Å². The summed E-state index contributed by atoms with van der Waals surface area (Å²) in [5.74, 6) is 0.788. The summed E-state index contributed by atoms with van der Waals surface area (Å²) in [6, 6.07) is 29.4. The second-order valence-corrected chi connectivity index (χ2v) is 16.6. The van der Waals surface area contributed by atoms with Gasteiger partial charge in [0.05, 0.1) is 29.7 Å². The van der Waals surface area contributed by atoms with Gasteiger partial charge in [0, 0.05) is 51.0 Å². The molecule has 0 aliphatic carbocycles. The van der Waals surface area contributed by atoms with Gasteiger partial charge < -0.3 is 14.5 Å². The number of carbonyl (C=O) groups excluding carboxylic acids is 2. The molecule has 9 rings (SSSR count). The summed E-state index contributed by atoms with van der Waals surface area (Å²) < 4.78 is 13.8. The molecule has 0 saturated carbocycles. The number of ether oxygens (including phenoxy) is 2. The fraction of sp³-hybridized carbons (Fsp3) is 0.318. The average Bonchev–Trinajstić information content (AvgIpc) is 4.01. The van der Waals surface area contributed by atoms with Gasteiger partial charge >= 0.3 is 12.2 Å². The fourth-order valence-electron chi connectivity index (χ4n) is 8.10. The quantitative estimate of drug-likeness (QED) is 0.183. The molecule has 0 bridgehead atoms. The highest BCUT2D eigenvalue weighted by molar-refractivity contribution is 7.25. The first-order valence-electron chi connectivity index (χ1n) is 18.9. The lowest BCUT2D eigenvalue weighted by atomic mass is 9.98. The van der Waals surface area contributed by atoms with Gasteiger partial charge in [-0.15, -0.1) is 11.3 Å². The molecule has 54 heavy (non-hydrogen) atoms. The van der Waals surface area contributed by atoms with E-state index < -0.39 is 5.60 Å². The van der Waals surface area contributed by atoms with Crippen molar-refractivity contribution in [3.63, 3.8) is 0 Å². The third kappa shape index (κ3) is 6.64. The van der Waals surface area contributed by atoms with E-state index in [2.05, 4.69) is 59.6 Å². The molecule has 1 N–H and O–H groups in total. The number of hydrogen-bond donors (Lipinski definition) is 1. The Morgan fingerprint density at radius 2 is 1.48 bits per heavy atom. The van der Waals surface area contributed by atoms with E-state index in [4.69, 9.17) is 19.5 Å². The van der Waals surface area contributed by atoms with Crippen LogP contribution in [-0.2, 0) is 22.5 Å². The zero-order valence-electron chi connectivity index (χ0n) is 30.8. The predicted octanol–water partition coefficient (Wildman–Crippen LogP) is 10.6. The Morgan fingerprint density at radius 1 is 0.815 bits per heavy atom. The molecule has 6 aromatic rings. The molecular formula is C44H43N5O4S. The van der Waals surface area contributed by atoms with Crippen LogP contribution in [0.5, 0.6) is 0 Å². The highest BCUT2D eigenvalue weighted by atomic mass is 32.1. The largest absolute Gasteiger partial charge is 0.445 e. The van der Waals surface area contributed by atoms with Gasteiger partial charge in [-0.2, -0.15) is 0 Å². The van der Waals surface area contributed by atoms with Crippen LogP contribution in [0.2, 0.25) is 0 Å². The number of likely N-dealkylation sites (tertiary alicyclic amines) is 2. The molecule has 2 fully saturated rings. The Kier molecular flexibility index (Phi) is 8.73. The third-order valence-corrected chi connectivity index (χ3v) is 11.8. The Bertz CT molecular complexity index is 2430. The van der Waals surface area contributed by atoms with E-state index >= 15 is 0 Å². The number of rotatable bonds is 6. The third-order valence-electron chi connectivity index (χ3n) is 10.7. The number of hydrogen-bond acceptors (Lipinski definition) is 7. The molecular weight excluding hydrogens is 695 g/mol. The maximum atomic E-state index is 13.0. The molecule has 2 atom stereocenters. The maximum absolute atomic E-state index is 13.0. The zero-order valence-corrected chi connectivity index (χ0v) is 31.6. The molecule has 3 aliphatic heterocycles. The highest BCUT2D eigenvalue weighted by Gasteiger charge is 2.37. The van der Waals surface area contributed by atoms with Gasteiger partial charge in [-0.3, -0.25) is 14.8 Å². The van der Waals surface area contributed by atoms with Crippen molar-refractivity contribution in [2.24, 2.45) is 4.99 Å². The molecule has 0 unspecified atom stereocenters. The number of nitrogens with one attached hydrogen (secondary N) is 1. The number of imidazole rings is 1. The summed E-state index contributed by atoms with van der Waals surface area (Å²) in [7, 11) is 0. The van der Waals surface area contributed by atoms with Gasteiger partial charge in [-0.1, -0.05) is 60.7 Å². The normalized spacial score (nSPS) is 18.4. The monoisotopic (exact) mass is 737 g/mol. The van der Waals surface area contributed by atoms with Crippen LogP contribution in [0.4, 0.5) is 15.3 Å². The first kappa shape index (κ1) is 34.3. The molecule has 9 nitrogen and oxygen atoms in total. The van der Waals surface area contributed by atoms with Gasteiger partial charge in [0.1, 0.15) is 18.0 Å². The van der Waals surface area contributed by atoms with Gasteiger partial charge in [0.15, 0.2) is 0 Å². The van der Waals surface area contributed by atoms with Crippen molar-refractivity contribution in [1.29, 1.82) is 0 Å². The standard InChI is InChI=1S/C44H43N5O4S/c1-44(2,3)53-43(51)48-19-7-11-37(48)35-22-31-21-28(15-18-34(31)46-35)29-13-16-32-33-17-14-30(24-40(33)54-39(32)23-29)36-25-45-41(47-36)38-12-8-20-49(38)42(50)52-26-27-9-5-4-6-10-27/h4-6,9-10,13-18,21,23-25,37-38H,7-8,11-12,19-20,22,26H2,1-3H3,(H,45,47)/t37-,38-/m0/s1. The summed E-state index contributed by atoms with van der Waals surface area (Å²) in [6.45, 7) is 7.33. The van der Waals surface area contributed by atoms with Crippen LogP contribution in [-0.4, -0.2) is 62.4 Å². The van der Waals surface area contributed by atoms with Gasteiger partial charge in [-0.25, -0.2) is 14.6 Å². The molecule has 2 saturated heterocycles. The molecule has 10 heteroatoms. The summed E-state index contributed by atoms with van der Waals surface area (Å²) in [5, 5.41) is 2.47. The number of aliphatic imine (C=N–C) groups is 1. The van der Waals surface area contributed by atoms with Crippen LogP contribution >= 0.6 is 11.3 Å². The summed E-state index contributed by atoms with van der Waals surface area (Å²) in [5.41, 5.74) is 8.01. The van der Waals surface area contributed by atoms with Crippen molar-refractivity contribution >= 4 is 55.1 Å². The minimum Gasteiger partial charge on any atom is -0.445 e. The molecule has 274 valence electrons. The van der Waals surface area contributed by atoms with E-state index in [1.807, 2.05) is 62.2 Å². The number of aromatic amines is 1. The number of amides is 2. The average molecular weight is 738 g/mol. The SMILES string of the molecule is CC(C)(C)OC(=O)N1CCC[C@H]1C1=Nc2ccc(-c3ccc4c(c3)sc3cc(-c5cnc([C@@H]6CCCN6C(=O)OCc6ccccc6)[nH]5)ccc34)cc2C1. The van der Waals surface area contributed by atoms with Gasteiger partial charge in [-0.05, 0) is 93.0 Å². The summed E-state index contributed by atoms with van der Waals surface area (Å²) >= 11 is 1.79. The van der Waals surface area contributed by atoms with Crippen molar-refractivity contribution in [2.75, 3.05) is 13.1 Å². The first-order valence-corrected chi connectivity index (χ1v) is 19.7. The Balaban J connectivity index is 0.904. The van der Waals surface area contributed by atoms with E-state index in [1.165, 1.54) is 31.3 Å². The lowest BCUT2D eigenvalue weighted by Gasteiger charge is -2.28. The zero-order chi connectivity index (χ0) is 37.0. The lowest BCUT2D eigenvalue weighted by molar-refractivity contribution is 0.0265. The van der Waals surface area contributed by atoms with Crippen LogP contribution < -0.4 is 0 Å². The van der Waals surface area contributed by atoms with E-state index in [0.29, 0.717) is 13.1 Å². The van der Waals surface area contributed by atoms with E-state index in [9.17, 15) is 9.59 Å². The Morgan fingerprint density at radius 3 is 2.24 bits per heavy atom. The van der Waals surface area contributed by atoms with E-state index in [0.717, 1.165) is 71.7 Å². The number of thiophene rings is 1. The number of nitrogens with zero attached hydrogens (tertiary/aromatic N) is 4. The number of carbonyl (C=O) groups is 2. The van der Waals surface area contributed by atoms with Crippen LogP contribution in [0.3, 0.4) is 0 Å². The van der Waals surface area contributed by atoms with Crippen molar-refractivity contribution in [3.05, 3.63) is 108 Å². The number of H-pyrrole nitrogens is 1. The predicted molar refractivity (Wildman–Crippen MR) is 214 cm³/mol. The molecule has 5 heterocycles. The molecule has 0 spiro atoms. The molecule has 3 aliphatic rings. The van der Waals surface area contributed by atoms with Gasteiger partial charge in [0.25, 0.3) is 0 Å². The second-order valence-electron chi connectivity index (χ2n) is 15.6. The van der Waals surface area contributed by atoms with Crippen LogP contribution in [0.15, 0.2) is 96.1 Å². The Hall–Kier alpha value is -5.48. The van der Waals surface area contributed by atoms with Crippen molar-refractivity contribution in [1.82, 2.24) is 19.8 Å². The van der Waals surface area contributed by atoms with Crippen LogP contribution in [0.1, 0.15) is 69.4 Å². The summed E-state index contributed by atoms with van der Waals surface area (Å²) in [4.78, 5) is 42.9. The Labute approximate surface area is 318 Å². The molecule has 4 aromatic carbocycles. The van der Waals surface area contributed by atoms with Crippen LogP contribution in [0.25, 0.3) is 42.6 Å². The highest BCUT2D eigenvalue weighted by Crippen LogP contribution is 2.40. The van der Waals surface area contributed by atoms with Crippen molar-refractivity contribution < 1.29 is 19.1 Å². The minimum absolute atomic E-state index is 0.0183. The topological polar surface area (TPSA) is 100 Å². The molecule has 2 aromatic heterocycles. The van der Waals surface area contributed by atoms with E-state index in [-0.39, 0.29) is 30.9 Å². The van der Waals surface area contributed by atoms with Crippen LogP contribution in [0, 0.1) is 0 Å². The fourth-order valence-corrected chi connectivity index (χ4v) is 9.28. The van der Waals surface area contributed by atoms with Crippen molar-refractivity contribution in [3.8, 4) is 22.4 Å². The maximum Gasteiger partial charge on any atom is 0.410 e. The minimum atomic E-state index is -0.526. The number of benzene rings is 4. The lowest BCUT2D eigenvalue weighted by Crippen LogP contribution is -2.43. The number of fused-ring (bicyclic) bond motifs is 4. The number of aromatic nitrogens is 2. The first-order chi connectivity index (χ1) is 26.2. The van der Waals surface area contributed by atoms with E-state index in [1.54, 1.807) is 16.2 Å². The molecule has 0 radical (unpaired) electrons. The second kappa shape index (κ2) is 13.7. The molecule has 2 amide bonds. The summed E-state index contributed by atoms with van der Waals surface area (Å²) in [6.07, 6.45) is 5.68. The van der Waals surface area contributed by atoms with Gasteiger partial charge in [0.2, 0.25) is 0 Å².